The molecule has 1 heterocycles. The number of rotatable bonds is 4. The van der Waals surface area contributed by atoms with Gasteiger partial charge in [0.15, 0.2) is 6.29 Å². The lowest BCUT2D eigenvalue weighted by Gasteiger charge is -2.36. The van der Waals surface area contributed by atoms with Crippen LogP contribution in [0, 0.1) is 0 Å². The van der Waals surface area contributed by atoms with Gasteiger partial charge in [0.05, 0.1) is 8.07 Å². The fourth-order valence-corrected chi connectivity index (χ4v) is 5.37. The third-order valence-electron chi connectivity index (χ3n) is 3.77. The number of hydrogen-bond acceptors (Lipinski definition) is 2. The lowest BCUT2D eigenvalue weighted by atomic mass is 10.2. The maximum atomic E-state index is 5.24. The summed E-state index contributed by atoms with van der Waals surface area (Å²) in [5.74, 6) is 0. The fourth-order valence-electron chi connectivity index (χ4n) is 2.41. The Morgan fingerprint density at radius 2 is 1.62 bits per heavy atom. The molecule has 0 atom stereocenters. The van der Waals surface area contributed by atoms with Gasteiger partial charge in [-0.25, -0.2) is 0 Å². The van der Waals surface area contributed by atoms with Crippen molar-refractivity contribution in [3.8, 4) is 0 Å². The van der Waals surface area contributed by atoms with Crippen molar-refractivity contribution < 1.29 is 9.47 Å². The van der Waals surface area contributed by atoms with Crippen molar-refractivity contribution in [2.75, 3.05) is 14.2 Å². The van der Waals surface area contributed by atoms with Gasteiger partial charge in [0.25, 0.3) is 0 Å². The predicted molar refractivity (Wildman–Crippen MR) is 68.7 cm³/mol. The Hall–Kier alpha value is -0.643. The second-order valence-electron chi connectivity index (χ2n) is 4.84. The standard InChI is InChI=1S/C13H20O2Si/c1-14-13(15-2)11-5-7-12(8-6-11)16(3)9-4-10-16/h5-8,13H,4,9-10H2,1-3H3. The molecule has 3 heteroatoms. The molecule has 88 valence electrons. The van der Waals surface area contributed by atoms with Gasteiger partial charge in [-0.1, -0.05) is 54.5 Å². The summed E-state index contributed by atoms with van der Waals surface area (Å²) < 4.78 is 10.5. The van der Waals surface area contributed by atoms with Crippen LogP contribution in [-0.2, 0) is 9.47 Å². The summed E-state index contributed by atoms with van der Waals surface area (Å²) in [5.41, 5.74) is 1.10. The van der Waals surface area contributed by atoms with Gasteiger partial charge < -0.3 is 9.47 Å². The normalized spacial score (nSPS) is 18.5. The molecule has 0 N–H and O–H groups in total. The number of ether oxygens (including phenoxy) is 2. The summed E-state index contributed by atoms with van der Waals surface area (Å²) in [6.07, 6.45) is 1.19. The van der Waals surface area contributed by atoms with Crippen molar-refractivity contribution in [2.24, 2.45) is 0 Å². The van der Waals surface area contributed by atoms with Gasteiger partial charge in [-0.3, -0.25) is 0 Å². The van der Waals surface area contributed by atoms with Crippen molar-refractivity contribution in [1.29, 1.82) is 0 Å². The lowest BCUT2D eigenvalue weighted by Crippen LogP contribution is -2.50. The highest BCUT2D eigenvalue weighted by Gasteiger charge is 2.35. The Balaban J connectivity index is 2.15. The maximum Gasteiger partial charge on any atom is 0.183 e. The highest BCUT2D eigenvalue weighted by Crippen LogP contribution is 2.31. The summed E-state index contributed by atoms with van der Waals surface area (Å²) >= 11 is 0. The molecule has 1 saturated heterocycles. The molecule has 0 unspecified atom stereocenters. The van der Waals surface area contributed by atoms with Gasteiger partial charge in [0, 0.05) is 19.8 Å². The molecule has 0 amide bonds. The van der Waals surface area contributed by atoms with Crippen LogP contribution in [0.1, 0.15) is 18.3 Å². The predicted octanol–water partition coefficient (Wildman–Crippen LogP) is 2.67. The summed E-state index contributed by atoms with van der Waals surface area (Å²) in [5, 5.41) is 1.58. The minimum absolute atomic E-state index is 0.232. The quantitative estimate of drug-likeness (QED) is 0.591. The van der Waals surface area contributed by atoms with E-state index < -0.39 is 8.07 Å². The molecule has 1 aromatic carbocycles. The first-order valence-corrected chi connectivity index (χ1v) is 8.77. The van der Waals surface area contributed by atoms with Crippen LogP contribution in [0.5, 0.6) is 0 Å². The monoisotopic (exact) mass is 236 g/mol. The van der Waals surface area contributed by atoms with E-state index in [2.05, 4.69) is 30.8 Å². The van der Waals surface area contributed by atoms with Crippen molar-refractivity contribution in [2.45, 2.75) is 31.3 Å². The van der Waals surface area contributed by atoms with E-state index in [1.165, 1.54) is 18.5 Å². The second kappa shape index (κ2) is 4.70. The van der Waals surface area contributed by atoms with Crippen LogP contribution in [0.2, 0.25) is 18.6 Å². The molecule has 2 rings (SSSR count). The zero-order valence-electron chi connectivity index (χ0n) is 10.3. The molecular formula is C13H20O2Si. The molecule has 0 bridgehead atoms. The van der Waals surface area contributed by atoms with Gasteiger partial charge in [0.1, 0.15) is 0 Å². The van der Waals surface area contributed by atoms with Crippen molar-refractivity contribution in [1.82, 2.24) is 0 Å². The van der Waals surface area contributed by atoms with Gasteiger partial charge in [0.2, 0.25) is 0 Å². The molecule has 1 aromatic rings. The van der Waals surface area contributed by atoms with E-state index in [9.17, 15) is 0 Å². The number of benzene rings is 1. The first kappa shape index (κ1) is 11.8. The first-order valence-electron chi connectivity index (χ1n) is 5.86. The molecule has 1 fully saturated rings. The number of methoxy groups -OCH3 is 2. The summed E-state index contributed by atoms with van der Waals surface area (Å²) in [4.78, 5) is 0. The van der Waals surface area contributed by atoms with E-state index in [4.69, 9.17) is 9.47 Å². The Kier molecular flexibility index (Phi) is 3.47. The summed E-state index contributed by atoms with van der Waals surface area (Å²) in [6, 6.07) is 11.7. The summed E-state index contributed by atoms with van der Waals surface area (Å²) in [6.45, 7) is 2.48. The van der Waals surface area contributed by atoms with Crippen LogP contribution in [0.4, 0.5) is 0 Å². The third-order valence-corrected chi connectivity index (χ3v) is 8.41. The minimum Gasteiger partial charge on any atom is -0.352 e. The zero-order chi connectivity index (χ0) is 11.6. The van der Waals surface area contributed by atoms with Crippen molar-refractivity contribution in [3.63, 3.8) is 0 Å². The van der Waals surface area contributed by atoms with Crippen LogP contribution in [0.3, 0.4) is 0 Å². The Labute approximate surface area is 98.6 Å². The zero-order valence-corrected chi connectivity index (χ0v) is 11.3. The number of hydrogen-bond donors (Lipinski definition) is 0. The van der Waals surface area contributed by atoms with Crippen LogP contribution in [0.15, 0.2) is 24.3 Å². The molecule has 16 heavy (non-hydrogen) atoms. The smallest absolute Gasteiger partial charge is 0.183 e. The highest BCUT2D eigenvalue weighted by atomic mass is 28.3. The third kappa shape index (κ3) is 2.07. The first-order chi connectivity index (χ1) is 7.69. The van der Waals surface area contributed by atoms with E-state index in [0.29, 0.717) is 0 Å². The average molecular weight is 236 g/mol. The molecule has 2 nitrogen and oxygen atoms in total. The Bertz CT molecular complexity index is 339. The van der Waals surface area contributed by atoms with Crippen LogP contribution in [0.25, 0.3) is 0 Å². The van der Waals surface area contributed by atoms with E-state index >= 15 is 0 Å². The topological polar surface area (TPSA) is 18.5 Å². The lowest BCUT2D eigenvalue weighted by molar-refractivity contribution is -0.106. The molecule has 0 aliphatic carbocycles. The summed E-state index contributed by atoms with van der Waals surface area (Å²) in [7, 11) is 2.31. The van der Waals surface area contributed by atoms with E-state index in [1.807, 2.05) is 0 Å². The molecule has 0 spiro atoms. The molecule has 0 radical (unpaired) electrons. The van der Waals surface area contributed by atoms with E-state index in [1.54, 1.807) is 19.4 Å². The Morgan fingerprint density at radius 3 is 2.00 bits per heavy atom. The van der Waals surface area contributed by atoms with Crippen LogP contribution in [-0.4, -0.2) is 22.3 Å². The maximum absolute atomic E-state index is 5.24. The van der Waals surface area contributed by atoms with Gasteiger partial charge >= 0.3 is 0 Å². The van der Waals surface area contributed by atoms with Crippen LogP contribution >= 0.6 is 0 Å². The molecule has 1 aliphatic heterocycles. The SMILES string of the molecule is COC(OC)c1ccc([Si]2(C)CCC2)cc1. The Morgan fingerprint density at radius 1 is 1.06 bits per heavy atom. The average Bonchev–Trinajstić information content (AvgIpc) is 2.28. The van der Waals surface area contributed by atoms with Crippen LogP contribution < -0.4 is 5.19 Å². The van der Waals surface area contributed by atoms with Gasteiger partial charge in [-0.05, 0) is 0 Å². The van der Waals surface area contributed by atoms with E-state index in [0.717, 1.165) is 5.56 Å². The largest absolute Gasteiger partial charge is 0.352 e. The second-order valence-corrected chi connectivity index (χ2v) is 9.54. The molecule has 1 aliphatic rings. The highest BCUT2D eigenvalue weighted by molar-refractivity contribution is 6.92. The molecular weight excluding hydrogens is 216 g/mol. The van der Waals surface area contributed by atoms with Crippen molar-refractivity contribution in [3.05, 3.63) is 29.8 Å². The minimum atomic E-state index is -1.03. The van der Waals surface area contributed by atoms with Crippen molar-refractivity contribution >= 4 is 13.3 Å². The molecule has 0 aromatic heterocycles. The van der Waals surface area contributed by atoms with E-state index in [-0.39, 0.29) is 6.29 Å². The van der Waals surface area contributed by atoms with Gasteiger partial charge in [-0.15, -0.1) is 0 Å². The molecule has 0 saturated carbocycles. The fraction of sp³-hybridized carbons (Fsp3) is 0.538. The van der Waals surface area contributed by atoms with Gasteiger partial charge in [-0.2, -0.15) is 0 Å².